The second-order valence-electron chi connectivity index (χ2n) is 28.6. The van der Waals surface area contributed by atoms with Gasteiger partial charge in [-0.1, -0.05) is 31.6 Å². The molecule has 10 aliphatic rings. The summed E-state index contributed by atoms with van der Waals surface area (Å²) in [6.45, 7) is 15.1. The summed E-state index contributed by atoms with van der Waals surface area (Å²) in [7, 11) is 5.82. The monoisotopic (exact) mass is 1360 g/mol. The summed E-state index contributed by atoms with van der Waals surface area (Å²) in [6, 6.07) is 0. The van der Waals surface area contributed by atoms with Crippen LogP contribution in [0.1, 0.15) is 120 Å². The van der Waals surface area contributed by atoms with Crippen molar-refractivity contribution in [3.05, 3.63) is 23.3 Å². The van der Waals surface area contributed by atoms with Crippen molar-refractivity contribution >= 4 is 5.97 Å². The molecule has 6 heterocycles. The molecule has 0 aromatic carbocycles. The fourth-order valence-electron chi connectivity index (χ4n) is 17.6. The molecule has 29 heteroatoms. The van der Waals surface area contributed by atoms with Gasteiger partial charge in [0.2, 0.25) is 0 Å². The SMILES string of the molecule is C/C=C(\C)C(=O)O[C@@H](C)[C@H]1CC[C@]2(O)[C@@H]3CC=C4C[C@@H](O[C@H]5C[C@H](OC)[C@@H](O[C@H]6C[C@H](OC)[C@@H](O[C@@H]7O[C@H](C)[C@@H](O[C@@H]8O[C@H](C)[C@@H](O[C@@H]9O[C@H](CO)[C@@H](O)[C@H](O[C@@H]%10O[C@H](CO)[C@@H](O)[C@H](O)[C@H]%10O)[C@H]9O)[C@@H](OC)[C@H]8O)[C@H](OC)[C@H]7O)[C@@H](C)O6)[C@@H](C)O5)CC[C@]4(C)[C@H]3C[C@@H](O)[C@]12C. The third-order valence-electron chi connectivity index (χ3n) is 23.4. The number of carbonyl (C=O) groups is 1. The lowest BCUT2D eigenvalue weighted by Crippen LogP contribution is -2.67. The van der Waals surface area contributed by atoms with Crippen LogP contribution in [0.5, 0.6) is 0 Å². The number of aliphatic hydroxyl groups is 11. The molecule has 0 radical (unpaired) electrons. The Hall–Kier alpha value is -2.13. The van der Waals surface area contributed by atoms with Crippen LogP contribution >= 0.6 is 0 Å². The van der Waals surface area contributed by atoms with Gasteiger partial charge < -0.3 is 137 Å². The average molecular weight is 1370 g/mol. The Bertz CT molecular complexity index is 2590. The minimum Gasteiger partial charge on any atom is -0.459 e. The highest BCUT2D eigenvalue weighted by Gasteiger charge is 2.71. The quantitative estimate of drug-likeness (QED) is 0.0397. The minimum absolute atomic E-state index is 0.0546. The fourth-order valence-corrected chi connectivity index (χ4v) is 17.6. The van der Waals surface area contributed by atoms with E-state index in [9.17, 15) is 61.0 Å². The van der Waals surface area contributed by atoms with Crippen molar-refractivity contribution in [2.75, 3.05) is 41.7 Å². The maximum Gasteiger partial charge on any atom is 0.333 e. The van der Waals surface area contributed by atoms with Crippen molar-refractivity contribution in [3.63, 3.8) is 0 Å². The highest BCUT2D eigenvalue weighted by Crippen LogP contribution is 2.69. The number of hydrogen-bond acceptors (Lipinski definition) is 29. The first-order valence-corrected chi connectivity index (χ1v) is 33.9. The van der Waals surface area contributed by atoms with E-state index in [-0.39, 0.29) is 41.7 Å². The Morgan fingerprint density at radius 3 is 1.59 bits per heavy atom. The first kappa shape index (κ1) is 75.5. The van der Waals surface area contributed by atoms with E-state index in [1.165, 1.54) is 26.9 Å². The Morgan fingerprint density at radius 1 is 0.568 bits per heavy atom. The van der Waals surface area contributed by atoms with Gasteiger partial charge in [0.05, 0.1) is 67.6 Å². The largest absolute Gasteiger partial charge is 0.459 e. The molecule has 0 aromatic heterocycles. The zero-order chi connectivity index (χ0) is 69.1. The van der Waals surface area contributed by atoms with Gasteiger partial charge in [-0.3, -0.25) is 0 Å². The van der Waals surface area contributed by atoms with E-state index < -0.39 is 208 Å². The molecule has 0 amide bonds. The Morgan fingerprint density at radius 2 is 1.05 bits per heavy atom. The minimum atomic E-state index is -1.89. The number of fused-ring (bicyclic) bond motifs is 5. The fraction of sp³-hybridized carbons (Fsp3) is 0.924. The van der Waals surface area contributed by atoms with E-state index in [0.717, 1.165) is 12.8 Å². The van der Waals surface area contributed by atoms with Gasteiger partial charge >= 0.3 is 5.97 Å². The molecular weight excluding hydrogens is 1260 g/mol. The van der Waals surface area contributed by atoms with Crippen molar-refractivity contribution in [2.45, 2.75) is 316 Å². The number of carbonyl (C=O) groups excluding carboxylic acids is 1. The summed E-state index contributed by atoms with van der Waals surface area (Å²) in [4.78, 5) is 12.8. The average Bonchev–Trinajstić information content (AvgIpc) is 1.64. The molecule has 29 nitrogen and oxygen atoms in total. The van der Waals surface area contributed by atoms with Crippen LogP contribution in [0.3, 0.4) is 0 Å². The lowest BCUT2D eigenvalue weighted by molar-refractivity contribution is -0.390. The maximum absolute atomic E-state index is 12.8. The van der Waals surface area contributed by atoms with E-state index in [4.69, 9.17) is 80.5 Å². The van der Waals surface area contributed by atoms with Crippen LogP contribution in [-0.4, -0.2) is 300 Å². The molecule has 9 fully saturated rings. The van der Waals surface area contributed by atoms with Crippen LogP contribution in [0.25, 0.3) is 0 Å². The lowest BCUT2D eigenvalue weighted by atomic mass is 9.45. The maximum atomic E-state index is 12.8. The van der Waals surface area contributed by atoms with E-state index in [0.29, 0.717) is 44.1 Å². The summed E-state index contributed by atoms with van der Waals surface area (Å²) in [6.07, 6.45) is -26.6. The number of hydrogen-bond donors (Lipinski definition) is 11. The second kappa shape index (κ2) is 30.8. The summed E-state index contributed by atoms with van der Waals surface area (Å²) < 4.78 is 105. The molecule has 0 unspecified atom stereocenters. The highest BCUT2D eigenvalue weighted by atomic mass is 16.8. The molecule has 546 valence electrons. The normalized spacial score (nSPS) is 51.6. The number of aliphatic hydroxyl groups excluding tert-OH is 10. The van der Waals surface area contributed by atoms with Crippen molar-refractivity contribution in [1.29, 1.82) is 0 Å². The van der Waals surface area contributed by atoms with Crippen molar-refractivity contribution in [3.8, 4) is 0 Å². The Labute approximate surface area is 555 Å². The number of ether oxygens (including phenoxy) is 17. The lowest BCUT2D eigenvalue weighted by Gasteiger charge is -2.63. The van der Waals surface area contributed by atoms with Crippen LogP contribution in [0, 0.1) is 28.6 Å². The van der Waals surface area contributed by atoms with Gasteiger partial charge in [-0.05, 0) is 111 Å². The van der Waals surface area contributed by atoms with Crippen LogP contribution in [0.15, 0.2) is 23.3 Å². The molecule has 6 aliphatic heterocycles. The smallest absolute Gasteiger partial charge is 0.333 e. The van der Waals surface area contributed by atoms with Gasteiger partial charge in [0, 0.05) is 58.2 Å². The summed E-state index contributed by atoms with van der Waals surface area (Å²) in [5, 5.41) is 122. The molecule has 4 aliphatic carbocycles. The first-order chi connectivity index (χ1) is 45.0. The third-order valence-corrected chi connectivity index (χ3v) is 23.4. The van der Waals surface area contributed by atoms with Gasteiger partial charge in [-0.2, -0.15) is 0 Å². The summed E-state index contributed by atoms with van der Waals surface area (Å²) >= 11 is 0. The van der Waals surface area contributed by atoms with Crippen LogP contribution in [0.2, 0.25) is 0 Å². The molecule has 0 aromatic rings. The van der Waals surface area contributed by atoms with E-state index in [1.807, 2.05) is 20.8 Å². The summed E-state index contributed by atoms with van der Waals surface area (Å²) in [5.74, 6) is -0.582. The zero-order valence-corrected chi connectivity index (χ0v) is 56.8. The Kier molecular flexibility index (Phi) is 24.5. The first-order valence-electron chi connectivity index (χ1n) is 33.9. The van der Waals surface area contributed by atoms with Crippen LogP contribution in [0.4, 0.5) is 0 Å². The number of allylic oxidation sites excluding steroid dienone is 2. The van der Waals surface area contributed by atoms with E-state index >= 15 is 0 Å². The standard InChI is InChI=1S/C66H108O29/c1-14-27(2)59(77)85-28(3)35-18-20-66(78)36-16-15-33-21-34(17-19-64(33,8)37(36)22-42(69)65(35,66)9)88-43-23-38(79-10)52(29(4)83-43)91-44-24-39(80-11)53(30(5)84-44)92-61-50(75)57(81-12)54(31(6)86-61)93-62-51(76)58(82-13)55(32(7)87-62)94-63-49(74)56(46(71)41(26-68)90-63)95-60-48(73)47(72)45(70)40(25-67)89-60/h14-15,28-32,34-58,60-63,67-76,78H,16-26H2,1-13H3/b27-14+/t28-,29+,30+,31+,32+,34-,35+,36+,37-,38-,39-,40+,41+,42+,43-,44-,45+,46+,47-,48+,49+,50+,51+,52-,53-,54+,55+,56-,57+,58-,60-,61-,62-,63-,64-,65-,66-/m0/s1. The van der Waals surface area contributed by atoms with Gasteiger partial charge in [0.1, 0.15) is 104 Å². The third kappa shape index (κ3) is 14.3. The zero-order valence-electron chi connectivity index (χ0n) is 56.8. The number of methoxy groups -OCH3 is 4. The molecule has 0 bridgehead atoms. The van der Waals surface area contributed by atoms with E-state index in [2.05, 4.69) is 13.0 Å². The molecule has 10 rings (SSSR count). The number of esters is 1. The molecule has 95 heavy (non-hydrogen) atoms. The predicted octanol–water partition coefficient (Wildman–Crippen LogP) is -0.360. The van der Waals surface area contributed by atoms with Crippen molar-refractivity contribution in [2.24, 2.45) is 28.6 Å². The number of rotatable bonds is 21. The molecule has 6 saturated heterocycles. The van der Waals surface area contributed by atoms with Gasteiger partial charge in [0.15, 0.2) is 37.7 Å². The van der Waals surface area contributed by atoms with Crippen molar-refractivity contribution in [1.82, 2.24) is 0 Å². The predicted molar refractivity (Wildman–Crippen MR) is 326 cm³/mol. The molecule has 0 spiro atoms. The van der Waals surface area contributed by atoms with Crippen molar-refractivity contribution < 1.29 is 141 Å². The second-order valence-corrected chi connectivity index (χ2v) is 28.6. The molecule has 3 saturated carbocycles. The highest BCUT2D eigenvalue weighted by molar-refractivity contribution is 5.87. The molecule has 11 N–H and O–H groups in total. The Balaban J connectivity index is 0.708. The van der Waals surface area contributed by atoms with E-state index in [1.54, 1.807) is 47.8 Å². The van der Waals surface area contributed by atoms with Gasteiger partial charge in [0.25, 0.3) is 0 Å². The van der Waals surface area contributed by atoms with Gasteiger partial charge in [-0.15, -0.1) is 0 Å². The summed E-state index contributed by atoms with van der Waals surface area (Å²) in [5.41, 5.74) is -0.421. The molecular formula is C66H108O29. The van der Waals surface area contributed by atoms with Gasteiger partial charge in [-0.25, -0.2) is 4.79 Å². The molecule has 37 atom stereocenters. The van der Waals surface area contributed by atoms with Crippen LogP contribution < -0.4 is 0 Å². The van der Waals surface area contributed by atoms with Crippen LogP contribution in [-0.2, 0) is 85.3 Å². The topological polar surface area (TPSA) is 397 Å².